The van der Waals surface area contributed by atoms with Crippen LogP contribution in [0.5, 0.6) is 0 Å². The maximum atomic E-state index is 11.8. The zero-order valence-electron chi connectivity index (χ0n) is 13.4. The van der Waals surface area contributed by atoms with Gasteiger partial charge in [-0.15, -0.1) is 0 Å². The number of nitrogens with zero attached hydrogens (tertiary/aromatic N) is 2. The van der Waals surface area contributed by atoms with Crippen LogP contribution in [0.4, 0.5) is 5.69 Å². The number of anilines is 1. The molecule has 1 aromatic carbocycles. The topological polar surface area (TPSA) is 47.6 Å². The number of amides is 1. The fourth-order valence-corrected chi connectivity index (χ4v) is 2.74. The van der Waals surface area contributed by atoms with E-state index in [0.717, 1.165) is 31.6 Å². The van der Waals surface area contributed by atoms with Crippen molar-refractivity contribution in [1.29, 1.82) is 0 Å². The summed E-state index contributed by atoms with van der Waals surface area (Å²) in [6.07, 6.45) is 2.21. The van der Waals surface area contributed by atoms with E-state index >= 15 is 0 Å². The number of carbonyl (C=O) groups excluding carboxylic acids is 1. The van der Waals surface area contributed by atoms with E-state index in [1.165, 1.54) is 0 Å². The van der Waals surface area contributed by atoms with Crippen LogP contribution in [-0.4, -0.2) is 61.1 Å². The van der Waals surface area contributed by atoms with E-state index in [1.807, 2.05) is 24.3 Å². The standard InChI is InChI=1S/C16H24N4OS/c1-19(2)15(21)12-4-6-13(7-5-12)17-16(22)18-14-8-10-20(3)11-9-14/h4-7,14H,8-11H2,1-3H3,(H2,17,18,22). The van der Waals surface area contributed by atoms with E-state index < -0.39 is 0 Å². The largest absolute Gasteiger partial charge is 0.360 e. The van der Waals surface area contributed by atoms with Crippen molar-refractivity contribution in [2.45, 2.75) is 18.9 Å². The number of likely N-dealkylation sites (tertiary alicyclic amines) is 1. The van der Waals surface area contributed by atoms with Crippen molar-refractivity contribution in [2.24, 2.45) is 0 Å². The van der Waals surface area contributed by atoms with Gasteiger partial charge in [0, 0.05) is 31.4 Å². The number of nitrogens with one attached hydrogen (secondary N) is 2. The SMILES string of the molecule is CN1CCC(NC(=S)Nc2ccc(C(=O)N(C)C)cc2)CC1. The summed E-state index contributed by atoms with van der Waals surface area (Å²) in [6.45, 7) is 2.20. The van der Waals surface area contributed by atoms with Crippen LogP contribution in [0.15, 0.2) is 24.3 Å². The summed E-state index contributed by atoms with van der Waals surface area (Å²) in [5.41, 5.74) is 1.56. The second-order valence-corrected chi connectivity index (χ2v) is 6.36. The molecule has 0 spiro atoms. The predicted molar refractivity (Wildman–Crippen MR) is 94.3 cm³/mol. The molecule has 0 unspecified atom stereocenters. The molecule has 0 atom stereocenters. The van der Waals surface area contributed by atoms with Crippen molar-refractivity contribution in [3.8, 4) is 0 Å². The Hall–Kier alpha value is -1.66. The van der Waals surface area contributed by atoms with Gasteiger partial charge in [0.2, 0.25) is 0 Å². The number of benzene rings is 1. The van der Waals surface area contributed by atoms with Gasteiger partial charge in [-0.1, -0.05) is 0 Å². The average molecular weight is 320 g/mol. The second kappa shape index (κ2) is 7.56. The molecule has 2 N–H and O–H groups in total. The molecule has 0 aliphatic carbocycles. The lowest BCUT2D eigenvalue weighted by Crippen LogP contribution is -2.44. The minimum Gasteiger partial charge on any atom is -0.360 e. The second-order valence-electron chi connectivity index (χ2n) is 5.95. The first-order valence-corrected chi connectivity index (χ1v) is 7.94. The van der Waals surface area contributed by atoms with Crippen LogP contribution >= 0.6 is 12.2 Å². The molecule has 1 heterocycles. The lowest BCUT2D eigenvalue weighted by atomic mass is 10.1. The molecular formula is C16H24N4OS. The Morgan fingerprint density at radius 3 is 2.36 bits per heavy atom. The van der Waals surface area contributed by atoms with Gasteiger partial charge in [-0.3, -0.25) is 4.79 Å². The summed E-state index contributed by atoms with van der Waals surface area (Å²) in [6, 6.07) is 7.80. The minimum absolute atomic E-state index is 0.00132. The Balaban J connectivity index is 1.85. The first-order valence-electron chi connectivity index (χ1n) is 7.53. The fraction of sp³-hybridized carbons (Fsp3) is 0.500. The smallest absolute Gasteiger partial charge is 0.253 e. The maximum Gasteiger partial charge on any atom is 0.253 e. The molecule has 1 aliphatic rings. The van der Waals surface area contributed by atoms with Crippen molar-refractivity contribution in [3.63, 3.8) is 0 Å². The summed E-state index contributed by atoms with van der Waals surface area (Å²) in [7, 11) is 5.63. The van der Waals surface area contributed by atoms with E-state index in [4.69, 9.17) is 12.2 Å². The third-order valence-corrected chi connectivity index (χ3v) is 4.07. The van der Waals surface area contributed by atoms with Crippen molar-refractivity contribution in [2.75, 3.05) is 39.5 Å². The van der Waals surface area contributed by atoms with Crippen LogP contribution < -0.4 is 10.6 Å². The van der Waals surface area contributed by atoms with E-state index in [2.05, 4.69) is 22.6 Å². The van der Waals surface area contributed by atoms with Gasteiger partial charge in [0.1, 0.15) is 0 Å². The van der Waals surface area contributed by atoms with Crippen LogP contribution in [0.1, 0.15) is 23.2 Å². The molecule has 6 heteroatoms. The normalized spacial score (nSPS) is 16.1. The average Bonchev–Trinajstić information content (AvgIpc) is 2.49. The van der Waals surface area contributed by atoms with Crippen LogP contribution in [0.2, 0.25) is 0 Å². The van der Waals surface area contributed by atoms with Crippen molar-refractivity contribution in [1.82, 2.24) is 15.1 Å². The van der Waals surface area contributed by atoms with Crippen molar-refractivity contribution < 1.29 is 4.79 Å². The Labute approximate surface area is 137 Å². The Kier molecular flexibility index (Phi) is 5.74. The highest BCUT2D eigenvalue weighted by Crippen LogP contribution is 2.12. The molecule has 1 aliphatic heterocycles. The molecule has 0 saturated carbocycles. The molecule has 0 radical (unpaired) electrons. The molecule has 5 nitrogen and oxygen atoms in total. The predicted octanol–water partition coefficient (Wildman–Crippen LogP) is 1.77. The van der Waals surface area contributed by atoms with Gasteiger partial charge in [0.25, 0.3) is 5.91 Å². The van der Waals surface area contributed by atoms with Gasteiger partial charge in [-0.05, 0) is 69.5 Å². The molecule has 1 fully saturated rings. The molecule has 1 aromatic rings. The molecule has 120 valence electrons. The molecule has 22 heavy (non-hydrogen) atoms. The summed E-state index contributed by atoms with van der Waals surface area (Å²) >= 11 is 5.36. The molecule has 0 bridgehead atoms. The van der Waals surface area contributed by atoms with Crippen LogP contribution in [0, 0.1) is 0 Å². The highest BCUT2D eigenvalue weighted by Gasteiger charge is 2.17. The summed E-state index contributed by atoms with van der Waals surface area (Å²) in [5, 5.41) is 7.18. The van der Waals surface area contributed by atoms with E-state index in [9.17, 15) is 4.79 Å². The van der Waals surface area contributed by atoms with Gasteiger partial charge in [0.05, 0.1) is 0 Å². The van der Waals surface area contributed by atoms with Crippen molar-refractivity contribution in [3.05, 3.63) is 29.8 Å². The van der Waals surface area contributed by atoms with Crippen LogP contribution in [0.25, 0.3) is 0 Å². The third-order valence-electron chi connectivity index (χ3n) is 3.85. The van der Waals surface area contributed by atoms with Gasteiger partial charge in [-0.25, -0.2) is 0 Å². The van der Waals surface area contributed by atoms with Gasteiger partial charge in [0.15, 0.2) is 5.11 Å². The quantitative estimate of drug-likeness (QED) is 0.831. The number of hydrogen-bond donors (Lipinski definition) is 2. The fourth-order valence-electron chi connectivity index (χ4n) is 2.46. The summed E-state index contributed by atoms with van der Waals surface area (Å²) in [4.78, 5) is 15.7. The Morgan fingerprint density at radius 1 is 1.23 bits per heavy atom. The first-order chi connectivity index (χ1) is 10.5. The van der Waals surface area contributed by atoms with Crippen LogP contribution in [0.3, 0.4) is 0 Å². The van der Waals surface area contributed by atoms with E-state index in [1.54, 1.807) is 19.0 Å². The number of rotatable bonds is 3. The van der Waals surface area contributed by atoms with E-state index in [0.29, 0.717) is 16.7 Å². The number of hydrogen-bond acceptors (Lipinski definition) is 3. The van der Waals surface area contributed by atoms with Gasteiger partial charge < -0.3 is 20.4 Å². The molecule has 1 amide bonds. The first kappa shape index (κ1) is 16.7. The van der Waals surface area contributed by atoms with Crippen LogP contribution in [-0.2, 0) is 0 Å². The zero-order chi connectivity index (χ0) is 16.1. The Morgan fingerprint density at radius 2 is 1.82 bits per heavy atom. The number of carbonyl (C=O) groups is 1. The number of thiocarbonyl (C=S) groups is 1. The highest BCUT2D eigenvalue weighted by atomic mass is 32.1. The number of piperidine rings is 1. The minimum atomic E-state index is -0.00132. The molecule has 0 aromatic heterocycles. The van der Waals surface area contributed by atoms with E-state index in [-0.39, 0.29) is 5.91 Å². The Bertz CT molecular complexity index is 521. The lowest BCUT2D eigenvalue weighted by molar-refractivity contribution is 0.0827. The van der Waals surface area contributed by atoms with Gasteiger partial charge in [-0.2, -0.15) is 0 Å². The molecule has 1 saturated heterocycles. The molecular weight excluding hydrogens is 296 g/mol. The van der Waals surface area contributed by atoms with Gasteiger partial charge >= 0.3 is 0 Å². The monoisotopic (exact) mass is 320 g/mol. The zero-order valence-corrected chi connectivity index (χ0v) is 14.2. The summed E-state index contributed by atoms with van der Waals surface area (Å²) in [5.74, 6) is -0.00132. The third kappa shape index (κ3) is 4.68. The van der Waals surface area contributed by atoms with Crippen molar-refractivity contribution >= 4 is 28.9 Å². The highest BCUT2D eigenvalue weighted by molar-refractivity contribution is 7.80. The lowest BCUT2D eigenvalue weighted by Gasteiger charge is -2.30. The molecule has 2 rings (SSSR count). The summed E-state index contributed by atoms with van der Waals surface area (Å²) < 4.78 is 0. The maximum absolute atomic E-state index is 11.8.